The van der Waals surface area contributed by atoms with Crippen LogP contribution in [0.25, 0.3) is 0 Å². The molecule has 0 unspecified atom stereocenters. The van der Waals surface area contributed by atoms with Gasteiger partial charge in [-0.3, -0.25) is 0 Å². The van der Waals surface area contributed by atoms with Crippen molar-refractivity contribution in [2.45, 2.75) is 45.6 Å². The lowest BCUT2D eigenvalue weighted by atomic mass is 10.1. The van der Waals surface area contributed by atoms with Crippen molar-refractivity contribution in [3.05, 3.63) is 69.9 Å². The fourth-order valence-corrected chi connectivity index (χ4v) is 3.78. The van der Waals surface area contributed by atoms with Crippen LogP contribution in [0.2, 0.25) is 0 Å². The van der Waals surface area contributed by atoms with E-state index in [1.54, 1.807) is 11.3 Å². The van der Waals surface area contributed by atoms with Gasteiger partial charge in [0.2, 0.25) is 0 Å². The molecule has 0 bridgehead atoms. The molecule has 0 saturated carbocycles. The van der Waals surface area contributed by atoms with E-state index in [1.807, 2.05) is 24.4 Å². The average molecular weight is 367 g/mol. The minimum Gasteiger partial charge on any atom is -0.399 e. The minimum absolute atomic E-state index is 0.645. The number of hydrogen-bond donors (Lipinski definition) is 2. The largest absolute Gasteiger partial charge is 0.399 e. The van der Waals surface area contributed by atoms with E-state index in [0.29, 0.717) is 6.42 Å². The van der Waals surface area contributed by atoms with Crippen molar-refractivity contribution in [2.75, 3.05) is 5.73 Å². The van der Waals surface area contributed by atoms with E-state index in [4.69, 9.17) is 11.1 Å². The summed E-state index contributed by atoms with van der Waals surface area (Å²) in [5.41, 5.74) is 9.65. The zero-order valence-electron chi connectivity index (χ0n) is 15.2. The van der Waals surface area contributed by atoms with E-state index in [2.05, 4.69) is 40.1 Å². The predicted molar refractivity (Wildman–Crippen MR) is 110 cm³/mol. The lowest BCUT2D eigenvalue weighted by Gasteiger charge is -2.13. The van der Waals surface area contributed by atoms with E-state index in [9.17, 15) is 0 Å². The van der Waals surface area contributed by atoms with Crippen LogP contribution in [0.15, 0.2) is 48.0 Å². The first-order valence-electron chi connectivity index (χ1n) is 9.12. The Hall–Kier alpha value is -2.40. The van der Waals surface area contributed by atoms with E-state index in [1.165, 1.54) is 10.4 Å². The maximum absolute atomic E-state index is 8.40. The predicted octanol–water partition coefficient (Wildman–Crippen LogP) is 4.72. The fraction of sp³-hybridized carbons (Fsp3) is 0.333. The Morgan fingerprint density at radius 1 is 1.19 bits per heavy atom. The summed E-state index contributed by atoms with van der Waals surface area (Å²) in [6.07, 6.45) is 6.57. The van der Waals surface area contributed by atoms with Gasteiger partial charge in [-0.2, -0.15) is 0 Å². The smallest absolute Gasteiger partial charge is 0.109 e. The van der Waals surface area contributed by atoms with Gasteiger partial charge in [-0.1, -0.05) is 31.5 Å². The number of nitrogens with two attached hydrogens (primary N) is 1. The van der Waals surface area contributed by atoms with Gasteiger partial charge in [0.25, 0.3) is 0 Å². The molecule has 0 amide bonds. The summed E-state index contributed by atoms with van der Waals surface area (Å²) in [4.78, 5) is 5.90. The second-order valence-corrected chi connectivity index (χ2v) is 7.67. The van der Waals surface area contributed by atoms with Gasteiger partial charge < -0.3 is 15.7 Å². The molecule has 26 heavy (non-hydrogen) atoms. The Labute approximate surface area is 159 Å². The maximum atomic E-state index is 8.40. The van der Waals surface area contributed by atoms with Gasteiger partial charge in [0.1, 0.15) is 5.82 Å². The van der Waals surface area contributed by atoms with Gasteiger partial charge in [0.05, 0.1) is 0 Å². The Morgan fingerprint density at radius 3 is 2.69 bits per heavy atom. The number of hydrogen-bond acceptors (Lipinski definition) is 4. The van der Waals surface area contributed by atoms with Crippen molar-refractivity contribution in [1.29, 1.82) is 5.41 Å². The number of nitrogen functional groups attached to an aromatic ring is 1. The first-order valence-corrected chi connectivity index (χ1v) is 10.00. The van der Waals surface area contributed by atoms with Crippen molar-refractivity contribution in [3.8, 4) is 0 Å². The number of benzene rings is 1. The van der Waals surface area contributed by atoms with Crippen LogP contribution in [-0.4, -0.2) is 15.3 Å². The summed E-state index contributed by atoms with van der Waals surface area (Å²) in [6, 6.07) is 12.2. The first kappa shape index (κ1) is 18.4. The van der Waals surface area contributed by atoms with Crippen molar-refractivity contribution >= 4 is 22.7 Å². The Bertz CT molecular complexity index is 832. The molecule has 0 atom stereocenters. The number of aryl methyl sites for hydroxylation is 1. The number of thiophene rings is 1. The molecular formula is C21H26N4S. The van der Waals surface area contributed by atoms with Crippen LogP contribution in [0, 0.1) is 5.41 Å². The highest BCUT2D eigenvalue weighted by Gasteiger charge is 2.13. The molecule has 0 fully saturated rings. The second kappa shape index (κ2) is 8.81. The quantitative estimate of drug-likeness (QED) is 0.425. The van der Waals surface area contributed by atoms with Crippen LogP contribution in [0.1, 0.15) is 41.7 Å². The van der Waals surface area contributed by atoms with Crippen LogP contribution in [-0.2, 0) is 25.8 Å². The summed E-state index contributed by atoms with van der Waals surface area (Å²) >= 11 is 1.71. The number of imidazole rings is 1. The third-order valence-corrected chi connectivity index (χ3v) is 5.33. The number of unbranched alkanes of at least 4 members (excludes halogenated alkanes) is 1. The number of rotatable bonds is 9. The normalized spacial score (nSPS) is 11.0. The van der Waals surface area contributed by atoms with E-state index >= 15 is 0 Å². The summed E-state index contributed by atoms with van der Waals surface area (Å²) < 4.78 is 2.28. The topological polar surface area (TPSA) is 67.7 Å². The summed E-state index contributed by atoms with van der Waals surface area (Å²) in [5.74, 6) is 1.11. The van der Waals surface area contributed by atoms with E-state index < -0.39 is 0 Å². The molecule has 0 radical (unpaired) electrons. The molecule has 0 saturated heterocycles. The van der Waals surface area contributed by atoms with Crippen LogP contribution < -0.4 is 5.73 Å². The maximum Gasteiger partial charge on any atom is 0.109 e. The average Bonchev–Trinajstić information content (AvgIpc) is 3.26. The Kier molecular flexibility index (Phi) is 6.23. The van der Waals surface area contributed by atoms with Gasteiger partial charge in [0.15, 0.2) is 0 Å². The molecular weight excluding hydrogens is 340 g/mol. The molecule has 3 N–H and O–H groups in total. The third kappa shape index (κ3) is 4.82. The van der Waals surface area contributed by atoms with Gasteiger partial charge in [-0.05, 0) is 35.6 Å². The van der Waals surface area contributed by atoms with Crippen LogP contribution in [0.5, 0.6) is 0 Å². The van der Waals surface area contributed by atoms with Crippen LogP contribution in [0.3, 0.4) is 0 Å². The highest BCUT2D eigenvalue weighted by atomic mass is 32.1. The molecule has 0 aliphatic rings. The van der Waals surface area contributed by atoms with E-state index in [0.717, 1.165) is 55.1 Å². The standard InChI is InChI=1S/C21H26N4S/c1-2-3-6-21-24-14-19(12-18(23)13-20-5-4-11-26-20)25(21)15-16-7-9-17(22)10-8-16/h4-5,7-11,14,23H,2-3,6,12-13,15,22H2,1H3. The summed E-state index contributed by atoms with van der Waals surface area (Å²) in [5, 5.41) is 10.5. The molecule has 2 aromatic heterocycles. The number of aromatic nitrogens is 2. The monoisotopic (exact) mass is 366 g/mol. The van der Waals surface area contributed by atoms with Crippen LogP contribution >= 0.6 is 11.3 Å². The molecule has 5 heteroatoms. The highest BCUT2D eigenvalue weighted by Crippen LogP contribution is 2.16. The molecule has 0 spiro atoms. The molecule has 2 heterocycles. The van der Waals surface area contributed by atoms with Gasteiger partial charge in [-0.25, -0.2) is 4.98 Å². The van der Waals surface area contributed by atoms with Gasteiger partial charge in [-0.15, -0.1) is 11.3 Å². The second-order valence-electron chi connectivity index (χ2n) is 6.63. The molecule has 4 nitrogen and oxygen atoms in total. The van der Waals surface area contributed by atoms with Gasteiger partial charge in [0, 0.05) is 54.0 Å². The van der Waals surface area contributed by atoms with Crippen molar-refractivity contribution in [3.63, 3.8) is 0 Å². The molecule has 3 rings (SSSR count). The lowest BCUT2D eigenvalue weighted by molar-refractivity contribution is 0.663. The number of anilines is 1. The molecule has 0 aliphatic heterocycles. The molecule has 0 aliphatic carbocycles. The zero-order valence-corrected chi connectivity index (χ0v) is 16.1. The summed E-state index contributed by atoms with van der Waals surface area (Å²) in [7, 11) is 0. The number of nitrogens with one attached hydrogen (secondary N) is 1. The zero-order chi connectivity index (χ0) is 18.4. The van der Waals surface area contributed by atoms with Gasteiger partial charge >= 0.3 is 0 Å². The Morgan fingerprint density at radius 2 is 2.00 bits per heavy atom. The SMILES string of the molecule is CCCCc1ncc(CC(=N)Cc2cccs2)n1Cc1ccc(N)cc1. The van der Waals surface area contributed by atoms with Crippen molar-refractivity contribution in [1.82, 2.24) is 9.55 Å². The fourth-order valence-electron chi connectivity index (χ4n) is 3.03. The van der Waals surface area contributed by atoms with Crippen molar-refractivity contribution in [2.24, 2.45) is 0 Å². The summed E-state index contributed by atoms with van der Waals surface area (Å²) in [6.45, 7) is 2.98. The molecule has 136 valence electrons. The van der Waals surface area contributed by atoms with Crippen LogP contribution in [0.4, 0.5) is 5.69 Å². The van der Waals surface area contributed by atoms with Crippen molar-refractivity contribution < 1.29 is 0 Å². The first-order chi connectivity index (χ1) is 12.7. The molecule has 1 aromatic carbocycles. The highest BCUT2D eigenvalue weighted by molar-refractivity contribution is 7.10. The lowest BCUT2D eigenvalue weighted by Crippen LogP contribution is -2.13. The third-order valence-electron chi connectivity index (χ3n) is 4.46. The van der Waals surface area contributed by atoms with E-state index in [-0.39, 0.29) is 0 Å². The number of nitrogens with zero attached hydrogens (tertiary/aromatic N) is 2. The molecule has 3 aromatic rings. The minimum atomic E-state index is 0.645. The Balaban J connectivity index is 1.78.